The minimum absolute atomic E-state index is 0.578. The highest BCUT2D eigenvalue weighted by atomic mass is 32.2. The van der Waals surface area contributed by atoms with Crippen molar-refractivity contribution in [3.8, 4) is 0 Å². The number of tetrazole rings is 1. The Morgan fingerprint density at radius 3 is 2.78 bits per heavy atom. The van der Waals surface area contributed by atoms with Gasteiger partial charge in [-0.2, -0.15) is 0 Å². The summed E-state index contributed by atoms with van der Waals surface area (Å²) in [4.78, 5) is 0. The van der Waals surface area contributed by atoms with Gasteiger partial charge in [-0.15, -0.1) is 5.10 Å². The highest BCUT2D eigenvalue weighted by Gasteiger charge is 2.27. The van der Waals surface area contributed by atoms with E-state index in [9.17, 15) is 0 Å². The first kappa shape index (κ1) is 12.4. The third-order valence-electron chi connectivity index (χ3n) is 3.73. The maximum atomic E-state index is 4.10. The lowest BCUT2D eigenvalue weighted by Gasteiger charge is -2.22. The van der Waals surface area contributed by atoms with Gasteiger partial charge in [0.2, 0.25) is 5.16 Å². The van der Waals surface area contributed by atoms with Crippen LogP contribution in [0.25, 0.3) is 0 Å². The number of hydrogen-bond donors (Lipinski definition) is 1. The lowest BCUT2D eigenvalue weighted by Crippen LogP contribution is -2.32. The molecule has 2 aliphatic carbocycles. The van der Waals surface area contributed by atoms with Crippen LogP contribution < -0.4 is 5.32 Å². The zero-order valence-electron chi connectivity index (χ0n) is 10.7. The monoisotopic (exact) mass is 267 g/mol. The van der Waals surface area contributed by atoms with Crippen molar-refractivity contribution in [3.63, 3.8) is 0 Å². The van der Waals surface area contributed by atoms with Gasteiger partial charge in [0, 0.05) is 18.3 Å². The van der Waals surface area contributed by atoms with Gasteiger partial charge in [-0.3, -0.25) is 0 Å². The lowest BCUT2D eigenvalue weighted by molar-refractivity contribution is 0.381. The van der Waals surface area contributed by atoms with Gasteiger partial charge in [-0.05, 0) is 36.1 Å². The van der Waals surface area contributed by atoms with Gasteiger partial charge in [0.25, 0.3) is 0 Å². The highest BCUT2D eigenvalue weighted by molar-refractivity contribution is 7.99. The van der Waals surface area contributed by atoms with E-state index in [0.29, 0.717) is 6.04 Å². The van der Waals surface area contributed by atoms with Crippen LogP contribution in [0.3, 0.4) is 0 Å². The molecule has 0 radical (unpaired) electrons. The first-order valence-electron chi connectivity index (χ1n) is 7.07. The lowest BCUT2D eigenvalue weighted by atomic mass is 9.96. The first-order valence-corrected chi connectivity index (χ1v) is 8.06. The highest BCUT2D eigenvalue weighted by Crippen LogP contribution is 2.36. The average molecular weight is 267 g/mol. The molecule has 0 saturated heterocycles. The van der Waals surface area contributed by atoms with E-state index >= 15 is 0 Å². The molecule has 1 aromatic heterocycles. The molecule has 2 fully saturated rings. The van der Waals surface area contributed by atoms with Gasteiger partial charge in [-0.1, -0.05) is 31.0 Å². The van der Waals surface area contributed by atoms with Gasteiger partial charge in [0.1, 0.15) is 0 Å². The molecule has 18 heavy (non-hydrogen) atoms. The summed E-state index contributed by atoms with van der Waals surface area (Å²) in [5.41, 5.74) is 0. The summed E-state index contributed by atoms with van der Waals surface area (Å²) < 4.78 is 1.99. The zero-order valence-corrected chi connectivity index (χ0v) is 11.5. The quantitative estimate of drug-likeness (QED) is 0.631. The van der Waals surface area contributed by atoms with E-state index in [-0.39, 0.29) is 0 Å². The fourth-order valence-electron chi connectivity index (χ4n) is 2.54. The van der Waals surface area contributed by atoms with Crippen molar-refractivity contribution >= 4 is 11.8 Å². The normalized spacial score (nSPS) is 21.3. The van der Waals surface area contributed by atoms with E-state index in [1.807, 2.05) is 4.68 Å². The van der Waals surface area contributed by atoms with Crippen LogP contribution in [0, 0.1) is 0 Å². The molecule has 6 heteroatoms. The Hall–Kier alpha value is -0.620. The molecule has 0 atom stereocenters. The van der Waals surface area contributed by atoms with Gasteiger partial charge < -0.3 is 5.32 Å². The predicted molar refractivity (Wildman–Crippen MR) is 71.7 cm³/mol. The Kier molecular flexibility index (Phi) is 4.15. The molecule has 1 N–H and O–H groups in total. The smallest absolute Gasteiger partial charge is 0.209 e. The molecule has 0 amide bonds. The largest absolute Gasteiger partial charge is 0.313 e. The van der Waals surface area contributed by atoms with Gasteiger partial charge in [-0.25, -0.2) is 4.68 Å². The summed E-state index contributed by atoms with van der Waals surface area (Å²) in [6, 6.07) is 1.33. The van der Waals surface area contributed by atoms with Crippen molar-refractivity contribution in [3.05, 3.63) is 0 Å². The van der Waals surface area contributed by atoms with Crippen molar-refractivity contribution < 1.29 is 0 Å². The third-order valence-corrected chi connectivity index (χ3v) is 4.66. The summed E-state index contributed by atoms with van der Waals surface area (Å²) in [7, 11) is 0. The molecule has 0 aromatic carbocycles. The number of nitrogens with zero attached hydrogens (tertiary/aromatic N) is 4. The van der Waals surface area contributed by atoms with E-state index in [2.05, 4.69) is 20.8 Å². The number of nitrogens with one attached hydrogen (secondary N) is 1. The minimum atomic E-state index is 0.578. The maximum absolute atomic E-state index is 4.10. The fraction of sp³-hybridized carbons (Fsp3) is 0.917. The van der Waals surface area contributed by atoms with E-state index in [4.69, 9.17) is 0 Å². The maximum Gasteiger partial charge on any atom is 0.209 e. The molecule has 0 bridgehead atoms. The number of aromatic nitrogens is 4. The second-order valence-corrected chi connectivity index (χ2v) is 6.34. The summed E-state index contributed by atoms with van der Waals surface area (Å²) in [6.07, 6.45) is 9.38. The first-order chi connectivity index (χ1) is 8.93. The summed E-state index contributed by atoms with van der Waals surface area (Å²) in [5.74, 6) is 1.06. The second kappa shape index (κ2) is 6.02. The fourth-order valence-corrected chi connectivity index (χ4v) is 3.36. The van der Waals surface area contributed by atoms with Gasteiger partial charge in [0.15, 0.2) is 0 Å². The number of thioether (sulfide) groups is 1. The number of rotatable bonds is 6. The Labute approximate surface area is 112 Å². The summed E-state index contributed by atoms with van der Waals surface area (Å²) in [5, 5.41) is 16.6. The SMILES string of the molecule is C1CCC(NCCSc2nnnn2C2CC2)CC1. The molecule has 1 aromatic rings. The average Bonchev–Trinajstić information content (AvgIpc) is 3.16. The summed E-state index contributed by atoms with van der Waals surface area (Å²) >= 11 is 1.77. The Morgan fingerprint density at radius 2 is 2.00 bits per heavy atom. The summed E-state index contributed by atoms with van der Waals surface area (Å²) in [6.45, 7) is 1.06. The zero-order chi connectivity index (χ0) is 12.2. The van der Waals surface area contributed by atoms with E-state index in [1.165, 1.54) is 44.9 Å². The van der Waals surface area contributed by atoms with Crippen LogP contribution in [0.2, 0.25) is 0 Å². The van der Waals surface area contributed by atoms with E-state index in [1.54, 1.807) is 11.8 Å². The van der Waals surface area contributed by atoms with Crippen LogP contribution in [0.4, 0.5) is 0 Å². The Balaban J connectivity index is 1.37. The molecule has 0 unspecified atom stereocenters. The Morgan fingerprint density at radius 1 is 1.17 bits per heavy atom. The topological polar surface area (TPSA) is 55.6 Å². The van der Waals surface area contributed by atoms with Crippen molar-refractivity contribution in [2.24, 2.45) is 0 Å². The molecule has 0 aliphatic heterocycles. The molecule has 2 aliphatic rings. The third kappa shape index (κ3) is 3.23. The van der Waals surface area contributed by atoms with Gasteiger partial charge in [0.05, 0.1) is 6.04 Å². The standard InChI is InChI=1S/C12H21N5S/c1-2-4-10(5-3-1)13-8-9-18-12-14-15-16-17(12)11-6-7-11/h10-11,13H,1-9H2. The van der Waals surface area contributed by atoms with Gasteiger partial charge >= 0.3 is 0 Å². The van der Waals surface area contributed by atoms with Crippen molar-refractivity contribution in [2.45, 2.75) is 62.2 Å². The van der Waals surface area contributed by atoms with Crippen LogP contribution >= 0.6 is 11.8 Å². The van der Waals surface area contributed by atoms with Crippen LogP contribution in [0.15, 0.2) is 5.16 Å². The van der Waals surface area contributed by atoms with Crippen molar-refractivity contribution in [2.75, 3.05) is 12.3 Å². The Bertz CT molecular complexity index is 370. The molecular formula is C12H21N5S. The molecular weight excluding hydrogens is 246 g/mol. The van der Waals surface area contributed by atoms with Crippen molar-refractivity contribution in [1.82, 2.24) is 25.5 Å². The second-order valence-electron chi connectivity index (χ2n) is 5.27. The molecule has 2 saturated carbocycles. The molecule has 100 valence electrons. The minimum Gasteiger partial charge on any atom is -0.313 e. The van der Waals surface area contributed by atoms with Crippen molar-refractivity contribution in [1.29, 1.82) is 0 Å². The van der Waals surface area contributed by atoms with E-state index < -0.39 is 0 Å². The predicted octanol–water partition coefficient (Wildman–Crippen LogP) is 2.02. The van der Waals surface area contributed by atoms with Crippen LogP contribution in [0.1, 0.15) is 51.0 Å². The van der Waals surface area contributed by atoms with Crippen LogP contribution in [-0.2, 0) is 0 Å². The molecule has 0 spiro atoms. The molecule has 5 nitrogen and oxygen atoms in total. The number of hydrogen-bond acceptors (Lipinski definition) is 5. The van der Waals surface area contributed by atoms with Crippen LogP contribution in [-0.4, -0.2) is 38.5 Å². The van der Waals surface area contributed by atoms with Crippen LogP contribution in [0.5, 0.6) is 0 Å². The van der Waals surface area contributed by atoms with E-state index in [0.717, 1.165) is 23.5 Å². The molecule has 3 rings (SSSR count). The molecule has 1 heterocycles.